The van der Waals surface area contributed by atoms with Crippen LogP contribution in [0.5, 0.6) is 0 Å². The second-order valence-electron chi connectivity index (χ2n) is 4.08. The van der Waals surface area contributed by atoms with Crippen LogP contribution in [0.3, 0.4) is 0 Å². The molecular weight excluding hydrogens is 273 g/mol. The predicted octanol–water partition coefficient (Wildman–Crippen LogP) is 2.08. The minimum absolute atomic E-state index is 0.00387. The second kappa shape index (κ2) is 6.97. The van der Waals surface area contributed by atoms with E-state index in [2.05, 4.69) is 20.9 Å². The Hall–Kier alpha value is -1.99. The minimum atomic E-state index is -4.46. The van der Waals surface area contributed by atoms with Crippen LogP contribution < -0.4 is 16.0 Å². The summed E-state index contributed by atoms with van der Waals surface area (Å²) in [7, 11) is 1.47. The summed E-state index contributed by atoms with van der Waals surface area (Å²) in [4.78, 5) is 15.3. The molecule has 3 N–H and O–H groups in total. The van der Waals surface area contributed by atoms with Gasteiger partial charge in [-0.15, -0.1) is 0 Å². The van der Waals surface area contributed by atoms with E-state index in [1.165, 1.54) is 7.05 Å². The van der Waals surface area contributed by atoms with Crippen molar-refractivity contribution in [2.24, 2.45) is 0 Å². The van der Waals surface area contributed by atoms with Crippen LogP contribution in [0, 0.1) is 0 Å². The van der Waals surface area contributed by atoms with Gasteiger partial charge >= 0.3 is 6.18 Å². The van der Waals surface area contributed by atoms with Crippen LogP contribution in [0.1, 0.15) is 18.9 Å². The monoisotopic (exact) mass is 290 g/mol. The van der Waals surface area contributed by atoms with Crippen molar-refractivity contribution < 1.29 is 18.0 Å². The summed E-state index contributed by atoms with van der Waals surface area (Å²) in [5, 5.41) is 7.74. The molecule has 0 unspecified atom stereocenters. The fourth-order valence-corrected chi connectivity index (χ4v) is 1.41. The van der Waals surface area contributed by atoms with Gasteiger partial charge in [0.1, 0.15) is 11.6 Å². The Morgan fingerprint density at radius 1 is 1.30 bits per heavy atom. The third kappa shape index (κ3) is 4.94. The first-order valence-electron chi connectivity index (χ1n) is 6.14. The highest BCUT2D eigenvalue weighted by Gasteiger charge is 2.31. The molecule has 112 valence electrons. The van der Waals surface area contributed by atoms with Crippen LogP contribution >= 0.6 is 0 Å². The number of hydrogen-bond acceptors (Lipinski definition) is 4. The van der Waals surface area contributed by atoms with Crippen LogP contribution in [0.4, 0.5) is 24.8 Å². The number of nitrogens with zero attached hydrogens (tertiary/aromatic N) is 1. The molecule has 0 aliphatic rings. The fourth-order valence-electron chi connectivity index (χ4n) is 1.41. The molecule has 20 heavy (non-hydrogen) atoms. The molecular formula is C12H17F3N4O. The van der Waals surface area contributed by atoms with Gasteiger partial charge in [-0.3, -0.25) is 4.79 Å². The van der Waals surface area contributed by atoms with E-state index in [1.807, 2.05) is 6.92 Å². The van der Waals surface area contributed by atoms with E-state index in [0.29, 0.717) is 6.54 Å². The van der Waals surface area contributed by atoms with Crippen LogP contribution in [-0.4, -0.2) is 31.0 Å². The van der Waals surface area contributed by atoms with Gasteiger partial charge in [0, 0.05) is 13.6 Å². The molecule has 1 rings (SSSR count). The standard InChI is InChI=1S/C12H17F3N4O/c1-3-4-17-11(20)7-18-10-6-8(12(13,14)15)5-9(16-2)19-10/h5-6H,3-4,7H2,1-2H3,(H,17,20)(H2,16,18,19). The van der Waals surface area contributed by atoms with Crippen LogP contribution in [-0.2, 0) is 11.0 Å². The molecule has 0 aliphatic heterocycles. The predicted molar refractivity (Wildman–Crippen MR) is 70.6 cm³/mol. The van der Waals surface area contributed by atoms with Crippen molar-refractivity contribution in [2.75, 3.05) is 30.8 Å². The van der Waals surface area contributed by atoms with Crippen LogP contribution in [0.15, 0.2) is 12.1 Å². The van der Waals surface area contributed by atoms with Gasteiger partial charge in [0.2, 0.25) is 5.91 Å². The number of alkyl halides is 3. The lowest BCUT2D eigenvalue weighted by molar-refractivity contribution is -0.137. The number of aromatic nitrogens is 1. The zero-order valence-electron chi connectivity index (χ0n) is 11.3. The number of anilines is 2. The lowest BCUT2D eigenvalue weighted by Gasteiger charge is -2.12. The Labute approximate surface area is 115 Å². The topological polar surface area (TPSA) is 66.1 Å². The molecule has 0 radical (unpaired) electrons. The number of nitrogens with one attached hydrogen (secondary N) is 3. The average Bonchev–Trinajstić information content (AvgIpc) is 2.41. The van der Waals surface area contributed by atoms with Crippen LogP contribution in [0.25, 0.3) is 0 Å². The van der Waals surface area contributed by atoms with Gasteiger partial charge in [-0.1, -0.05) is 6.92 Å². The Morgan fingerprint density at radius 2 is 1.95 bits per heavy atom. The summed E-state index contributed by atoms with van der Waals surface area (Å²) >= 11 is 0. The van der Waals surface area contributed by atoms with Crippen molar-refractivity contribution in [3.05, 3.63) is 17.7 Å². The van der Waals surface area contributed by atoms with E-state index in [1.54, 1.807) is 0 Å². The molecule has 0 saturated heterocycles. The zero-order valence-corrected chi connectivity index (χ0v) is 11.3. The SMILES string of the molecule is CCCNC(=O)CNc1cc(C(F)(F)F)cc(NC)n1. The molecule has 0 bridgehead atoms. The van der Waals surface area contributed by atoms with Gasteiger partial charge in [0.25, 0.3) is 0 Å². The number of rotatable bonds is 6. The van der Waals surface area contributed by atoms with Gasteiger partial charge in [-0.05, 0) is 18.6 Å². The Bertz CT molecular complexity index is 463. The highest BCUT2D eigenvalue weighted by molar-refractivity contribution is 5.80. The van der Waals surface area contributed by atoms with Gasteiger partial charge in [-0.25, -0.2) is 4.98 Å². The van der Waals surface area contributed by atoms with Crippen LogP contribution in [0.2, 0.25) is 0 Å². The number of halogens is 3. The molecule has 1 amide bonds. The van der Waals surface area contributed by atoms with Gasteiger partial charge in [0.05, 0.1) is 12.1 Å². The average molecular weight is 290 g/mol. The molecule has 1 aromatic rings. The second-order valence-corrected chi connectivity index (χ2v) is 4.08. The van der Waals surface area contributed by atoms with Gasteiger partial charge < -0.3 is 16.0 Å². The normalized spacial score (nSPS) is 11.1. The lowest BCUT2D eigenvalue weighted by atomic mass is 10.2. The van der Waals surface area contributed by atoms with Gasteiger partial charge in [0.15, 0.2) is 0 Å². The summed E-state index contributed by atoms with van der Waals surface area (Å²) in [5.74, 6) is -0.218. The molecule has 8 heteroatoms. The molecule has 0 aromatic carbocycles. The number of carbonyl (C=O) groups is 1. The minimum Gasteiger partial charge on any atom is -0.373 e. The van der Waals surface area contributed by atoms with Crippen molar-refractivity contribution in [3.63, 3.8) is 0 Å². The van der Waals surface area contributed by atoms with E-state index in [0.717, 1.165) is 18.6 Å². The van der Waals surface area contributed by atoms with E-state index in [-0.39, 0.29) is 24.1 Å². The molecule has 0 saturated carbocycles. The number of amides is 1. The number of hydrogen-bond donors (Lipinski definition) is 3. The fraction of sp³-hybridized carbons (Fsp3) is 0.500. The largest absolute Gasteiger partial charge is 0.416 e. The summed E-state index contributed by atoms with van der Waals surface area (Å²) < 4.78 is 38.1. The summed E-state index contributed by atoms with van der Waals surface area (Å²) in [6, 6.07) is 1.77. The van der Waals surface area contributed by atoms with Crippen molar-refractivity contribution in [3.8, 4) is 0 Å². The zero-order chi connectivity index (χ0) is 15.2. The first kappa shape index (κ1) is 16.1. The Morgan fingerprint density at radius 3 is 2.50 bits per heavy atom. The maximum Gasteiger partial charge on any atom is 0.416 e. The van der Waals surface area contributed by atoms with Crippen molar-refractivity contribution in [1.82, 2.24) is 10.3 Å². The molecule has 5 nitrogen and oxygen atoms in total. The molecule has 1 heterocycles. The first-order valence-corrected chi connectivity index (χ1v) is 6.14. The lowest BCUT2D eigenvalue weighted by Crippen LogP contribution is -2.30. The van der Waals surface area contributed by atoms with Crippen molar-refractivity contribution >= 4 is 17.5 Å². The molecule has 0 aliphatic carbocycles. The Kier molecular flexibility index (Phi) is 5.60. The highest BCUT2D eigenvalue weighted by atomic mass is 19.4. The summed E-state index contributed by atoms with van der Waals surface area (Å²) in [6.45, 7) is 2.30. The molecule has 0 atom stereocenters. The van der Waals surface area contributed by atoms with Crippen molar-refractivity contribution in [1.29, 1.82) is 0 Å². The van der Waals surface area contributed by atoms with E-state index < -0.39 is 11.7 Å². The summed E-state index contributed by atoms with van der Waals surface area (Å²) in [5.41, 5.74) is -0.826. The molecule has 1 aromatic heterocycles. The van der Waals surface area contributed by atoms with Gasteiger partial charge in [-0.2, -0.15) is 13.2 Å². The highest BCUT2D eigenvalue weighted by Crippen LogP contribution is 2.31. The number of pyridine rings is 1. The maximum atomic E-state index is 12.7. The third-order valence-electron chi connectivity index (χ3n) is 2.41. The smallest absolute Gasteiger partial charge is 0.373 e. The molecule has 0 spiro atoms. The van der Waals surface area contributed by atoms with E-state index in [4.69, 9.17) is 0 Å². The third-order valence-corrected chi connectivity index (χ3v) is 2.41. The number of carbonyl (C=O) groups excluding carboxylic acids is 1. The van der Waals surface area contributed by atoms with E-state index in [9.17, 15) is 18.0 Å². The maximum absolute atomic E-state index is 12.7. The molecule has 0 fully saturated rings. The Balaban J connectivity index is 2.77. The van der Waals surface area contributed by atoms with Crippen molar-refractivity contribution in [2.45, 2.75) is 19.5 Å². The summed E-state index contributed by atoms with van der Waals surface area (Å²) in [6.07, 6.45) is -3.67. The quantitative estimate of drug-likeness (QED) is 0.750. The first-order chi connectivity index (χ1) is 9.36. The van der Waals surface area contributed by atoms with E-state index >= 15 is 0 Å².